The van der Waals surface area contributed by atoms with E-state index >= 15 is 0 Å². The highest BCUT2D eigenvalue weighted by Gasteiger charge is 2.06. The second-order valence-electron chi connectivity index (χ2n) is 3.68. The predicted octanol–water partition coefficient (Wildman–Crippen LogP) is 3.00. The molecule has 0 fully saturated rings. The molecule has 14 heavy (non-hydrogen) atoms. The van der Waals surface area contributed by atoms with Gasteiger partial charge in [-0.15, -0.1) is 0 Å². The van der Waals surface area contributed by atoms with Crippen LogP contribution < -0.4 is 0 Å². The van der Waals surface area contributed by atoms with E-state index in [1.165, 1.54) is 11.4 Å². The summed E-state index contributed by atoms with van der Waals surface area (Å²) in [4.78, 5) is 4.18. The minimum Gasteiger partial charge on any atom is -0.303 e. The van der Waals surface area contributed by atoms with Gasteiger partial charge in [0, 0.05) is 17.6 Å². The van der Waals surface area contributed by atoms with Crippen LogP contribution in [0, 0.1) is 0 Å². The molecule has 0 unspecified atom stereocenters. The van der Waals surface area contributed by atoms with Gasteiger partial charge in [0.05, 0.1) is 6.33 Å². The van der Waals surface area contributed by atoms with Crippen LogP contribution in [0.1, 0.15) is 25.5 Å². The van der Waals surface area contributed by atoms with Crippen LogP contribution in [0.3, 0.4) is 0 Å². The number of nitrogens with zero attached hydrogens (tertiary/aromatic N) is 2. The van der Waals surface area contributed by atoms with E-state index in [1.807, 2.05) is 30.7 Å². The fourth-order valence-corrected chi connectivity index (χ4v) is 1.54. The summed E-state index contributed by atoms with van der Waals surface area (Å²) in [5, 5.41) is 0. The number of aromatic nitrogens is 2. The smallest absolute Gasteiger partial charge is 0.0994 e. The van der Waals surface area contributed by atoms with Crippen molar-refractivity contribution in [3.63, 3.8) is 0 Å². The standard InChI is InChI=1S/C12H14N2/c1-10(2)12-8-13-9-14(12)11-6-4-3-5-7-11/h3-10H,1-2H3. The normalized spacial score (nSPS) is 10.8. The first-order valence-electron chi connectivity index (χ1n) is 4.86. The molecule has 0 N–H and O–H groups in total. The molecule has 0 saturated carbocycles. The molecule has 0 amide bonds. The van der Waals surface area contributed by atoms with Crippen LogP contribution >= 0.6 is 0 Å². The van der Waals surface area contributed by atoms with Crippen LogP contribution in [0.25, 0.3) is 5.69 Å². The third-order valence-electron chi connectivity index (χ3n) is 2.29. The Hall–Kier alpha value is -1.57. The van der Waals surface area contributed by atoms with E-state index in [0.717, 1.165) is 0 Å². The first-order chi connectivity index (χ1) is 6.79. The van der Waals surface area contributed by atoms with E-state index in [4.69, 9.17) is 0 Å². The Labute approximate surface area is 84.2 Å². The lowest BCUT2D eigenvalue weighted by Gasteiger charge is -2.09. The Morgan fingerprint density at radius 1 is 1.14 bits per heavy atom. The topological polar surface area (TPSA) is 17.8 Å². The highest BCUT2D eigenvalue weighted by Crippen LogP contribution is 2.17. The van der Waals surface area contributed by atoms with Crippen molar-refractivity contribution in [3.05, 3.63) is 48.5 Å². The van der Waals surface area contributed by atoms with Crippen LogP contribution in [0.5, 0.6) is 0 Å². The zero-order chi connectivity index (χ0) is 9.97. The minimum absolute atomic E-state index is 0.498. The Balaban J connectivity index is 2.47. The fourth-order valence-electron chi connectivity index (χ4n) is 1.54. The highest BCUT2D eigenvalue weighted by atomic mass is 15.0. The number of hydrogen-bond acceptors (Lipinski definition) is 1. The Kier molecular flexibility index (Phi) is 2.35. The Morgan fingerprint density at radius 2 is 1.86 bits per heavy atom. The van der Waals surface area contributed by atoms with E-state index in [-0.39, 0.29) is 0 Å². The molecule has 0 aliphatic heterocycles. The van der Waals surface area contributed by atoms with Gasteiger partial charge in [-0.05, 0) is 18.1 Å². The molecule has 0 aliphatic carbocycles. The van der Waals surface area contributed by atoms with Crippen molar-refractivity contribution >= 4 is 0 Å². The van der Waals surface area contributed by atoms with Gasteiger partial charge >= 0.3 is 0 Å². The third kappa shape index (κ3) is 1.55. The molecule has 0 spiro atoms. The van der Waals surface area contributed by atoms with E-state index < -0.39 is 0 Å². The highest BCUT2D eigenvalue weighted by molar-refractivity contribution is 5.33. The molecule has 72 valence electrons. The lowest BCUT2D eigenvalue weighted by Crippen LogP contribution is -1.99. The summed E-state index contributed by atoms with van der Waals surface area (Å²) >= 11 is 0. The van der Waals surface area contributed by atoms with Gasteiger partial charge in [-0.25, -0.2) is 4.98 Å². The molecular weight excluding hydrogens is 172 g/mol. The maximum absolute atomic E-state index is 4.18. The third-order valence-corrected chi connectivity index (χ3v) is 2.29. The van der Waals surface area contributed by atoms with Crippen molar-refractivity contribution < 1.29 is 0 Å². The van der Waals surface area contributed by atoms with Crippen LogP contribution in [-0.2, 0) is 0 Å². The van der Waals surface area contributed by atoms with Gasteiger partial charge in [0.2, 0.25) is 0 Å². The van der Waals surface area contributed by atoms with Crippen molar-refractivity contribution in [1.82, 2.24) is 9.55 Å². The molecule has 0 bridgehead atoms. The van der Waals surface area contributed by atoms with E-state index in [2.05, 4.69) is 35.5 Å². The van der Waals surface area contributed by atoms with Crippen LogP contribution in [0.4, 0.5) is 0 Å². The molecular formula is C12H14N2. The quantitative estimate of drug-likeness (QED) is 0.705. The molecule has 1 aromatic heterocycles. The molecule has 2 rings (SSSR count). The summed E-state index contributed by atoms with van der Waals surface area (Å²) in [6, 6.07) is 10.3. The maximum atomic E-state index is 4.18. The average Bonchev–Trinajstić information content (AvgIpc) is 2.67. The SMILES string of the molecule is CC(C)c1cncn1-c1ccccc1. The lowest BCUT2D eigenvalue weighted by molar-refractivity contribution is 0.787. The van der Waals surface area contributed by atoms with Crippen LogP contribution in [0.2, 0.25) is 0 Å². The van der Waals surface area contributed by atoms with Crippen molar-refractivity contribution in [2.75, 3.05) is 0 Å². The minimum atomic E-state index is 0.498. The van der Waals surface area contributed by atoms with E-state index in [9.17, 15) is 0 Å². The van der Waals surface area contributed by atoms with Gasteiger partial charge in [0.25, 0.3) is 0 Å². The zero-order valence-corrected chi connectivity index (χ0v) is 8.51. The van der Waals surface area contributed by atoms with Crippen molar-refractivity contribution in [1.29, 1.82) is 0 Å². The van der Waals surface area contributed by atoms with Gasteiger partial charge < -0.3 is 4.57 Å². The lowest BCUT2D eigenvalue weighted by atomic mass is 10.1. The summed E-state index contributed by atoms with van der Waals surface area (Å²) in [6.07, 6.45) is 3.79. The van der Waals surface area contributed by atoms with Crippen LogP contribution in [0.15, 0.2) is 42.9 Å². The van der Waals surface area contributed by atoms with E-state index in [1.54, 1.807) is 0 Å². The largest absolute Gasteiger partial charge is 0.303 e. The van der Waals surface area contributed by atoms with Gasteiger partial charge in [-0.3, -0.25) is 0 Å². The molecule has 0 saturated heterocycles. The summed E-state index contributed by atoms with van der Waals surface area (Å²) in [5.41, 5.74) is 2.42. The summed E-state index contributed by atoms with van der Waals surface area (Å²) in [7, 11) is 0. The van der Waals surface area contributed by atoms with Gasteiger partial charge in [-0.2, -0.15) is 0 Å². The summed E-state index contributed by atoms with van der Waals surface area (Å²) in [5.74, 6) is 0.498. The summed E-state index contributed by atoms with van der Waals surface area (Å²) in [6.45, 7) is 4.35. The molecule has 2 heteroatoms. The van der Waals surface area contributed by atoms with E-state index in [0.29, 0.717) is 5.92 Å². The first kappa shape index (κ1) is 9.00. The summed E-state index contributed by atoms with van der Waals surface area (Å²) < 4.78 is 2.13. The fraction of sp³-hybridized carbons (Fsp3) is 0.250. The van der Waals surface area contributed by atoms with Crippen molar-refractivity contribution in [2.24, 2.45) is 0 Å². The monoisotopic (exact) mass is 186 g/mol. The molecule has 2 aromatic rings. The van der Waals surface area contributed by atoms with Gasteiger partial charge in [-0.1, -0.05) is 32.0 Å². The first-order valence-corrected chi connectivity index (χ1v) is 4.86. The number of rotatable bonds is 2. The maximum Gasteiger partial charge on any atom is 0.0994 e. The zero-order valence-electron chi connectivity index (χ0n) is 8.51. The van der Waals surface area contributed by atoms with Crippen molar-refractivity contribution in [3.8, 4) is 5.69 Å². The van der Waals surface area contributed by atoms with Gasteiger partial charge in [0.15, 0.2) is 0 Å². The van der Waals surface area contributed by atoms with Gasteiger partial charge in [0.1, 0.15) is 0 Å². The van der Waals surface area contributed by atoms with Crippen molar-refractivity contribution in [2.45, 2.75) is 19.8 Å². The second kappa shape index (κ2) is 3.66. The van der Waals surface area contributed by atoms with Crippen LogP contribution in [-0.4, -0.2) is 9.55 Å². The Bertz CT molecular complexity index is 401. The molecule has 1 heterocycles. The number of benzene rings is 1. The molecule has 1 aromatic carbocycles. The number of para-hydroxylation sites is 1. The molecule has 0 aliphatic rings. The molecule has 2 nitrogen and oxygen atoms in total. The average molecular weight is 186 g/mol. The molecule has 0 atom stereocenters. The second-order valence-corrected chi connectivity index (χ2v) is 3.68. The molecule has 0 radical (unpaired) electrons. The number of imidazole rings is 1. The number of hydrogen-bond donors (Lipinski definition) is 0. The predicted molar refractivity (Wildman–Crippen MR) is 57.7 cm³/mol. The Morgan fingerprint density at radius 3 is 2.50 bits per heavy atom.